The van der Waals surface area contributed by atoms with Crippen molar-refractivity contribution in [3.05, 3.63) is 72.6 Å². The predicted molar refractivity (Wildman–Crippen MR) is 108 cm³/mol. The summed E-state index contributed by atoms with van der Waals surface area (Å²) in [5.41, 5.74) is 2.02. The van der Waals surface area contributed by atoms with Crippen LogP contribution in [0.3, 0.4) is 0 Å². The lowest BCUT2D eigenvalue weighted by atomic mass is 9.99. The molecule has 1 fully saturated rings. The summed E-state index contributed by atoms with van der Waals surface area (Å²) in [6, 6.07) is 17.3. The van der Waals surface area contributed by atoms with Crippen LogP contribution < -0.4 is 15.0 Å². The Morgan fingerprint density at radius 3 is 2.52 bits per heavy atom. The maximum Gasteiger partial charge on any atom is 0.573 e. The van der Waals surface area contributed by atoms with Crippen molar-refractivity contribution in [2.24, 2.45) is 5.92 Å². The first kappa shape index (κ1) is 20.6. The Kier molecular flexibility index (Phi) is 5.75. The van der Waals surface area contributed by atoms with Crippen LogP contribution >= 0.6 is 0 Å². The predicted octanol–water partition coefficient (Wildman–Crippen LogP) is 3.79. The number of nitrogens with one attached hydrogen (secondary N) is 1. The summed E-state index contributed by atoms with van der Waals surface area (Å²) in [5, 5.41) is 2.69. The first-order valence-corrected chi connectivity index (χ1v) is 9.63. The first-order valence-electron chi connectivity index (χ1n) is 9.63. The molecule has 0 atom stereocenters. The van der Waals surface area contributed by atoms with Crippen LogP contribution in [0.25, 0.3) is 11.3 Å². The van der Waals surface area contributed by atoms with E-state index in [0.29, 0.717) is 13.1 Å². The second-order valence-electron chi connectivity index (χ2n) is 7.10. The molecule has 4 rings (SSSR count). The molecule has 6 nitrogen and oxygen atoms in total. The van der Waals surface area contributed by atoms with E-state index in [9.17, 15) is 18.0 Å². The minimum Gasteiger partial charge on any atom is -0.405 e. The molecule has 0 radical (unpaired) electrons. The van der Waals surface area contributed by atoms with E-state index in [1.807, 2.05) is 41.3 Å². The third kappa shape index (κ3) is 5.11. The average molecular weight is 428 g/mol. The van der Waals surface area contributed by atoms with Gasteiger partial charge in [-0.2, -0.15) is 0 Å². The lowest BCUT2D eigenvalue weighted by Crippen LogP contribution is -2.54. The van der Waals surface area contributed by atoms with Crippen molar-refractivity contribution in [3.63, 3.8) is 0 Å². The van der Waals surface area contributed by atoms with Gasteiger partial charge in [0.05, 0.1) is 11.6 Å². The van der Waals surface area contributed by atoms with E-state index in [1.165, 1.54) is 24.5 Å². The fourth-order valence-corrected chi connectivity index (χ4v) is 3.32. The first-order chi connectivity index (χ1) is 14.9. The largest absolute Gasteiger partial charge is 0.573 e. The maximum absolute atomic E-state index is 12.5. The van der Waals surface area contributed by atoms with Gasteiger partial charge in [-0.05, 0) is 6.07 Å². The Bertz CT molecular complexity index is 1050. The molecule has 160 valence electrons. The smallest absolute Gasteiger partial charge is 0.405 e. The Morgan fingerprint density at radius 1 is 1.06 bits per heavy atom. The molecule has 1 aromatic heterocycles. The van der Waals surface area contributed by atoms with Crippen LogP contribution in [0.2, 0.25) is 0 Å². The highest BCUT2D eigenvalue weighted by atomic mass is 19.4. The number of anilines is 1. The van der Waals surface area contributed by atoms with Crippen LogP contribution in [0.15, 0.2) is 67.0 Å². The summed E-state index contributed by atoms with van der Waals surface area (Å²) >= 11 is 0. The Labute approximate surface area is 176 Å². The van der Waals surface area contributed by atoms with Gasteiger partial charge in [0.15, 0.2) is 0 Å². The van der Waals surface area contributed by atoms with E-state index < -0.39 is 6.36 Å². The zero-order chi connectivity index (χ0) is 21.8. The molecule has 1 saturated heterocycles. The van der Waals surface area contributed by atoms with Crippen molar-refractivity contribution in [2.75, 3.05) is 18.0 Å². The van der Waals surface area contributed by atoms with Crippen LogP contribution in [0.5, 0.6) is 5.75 Å². The third-order valence-electron chi connectivity index (χ3n) is 4.95. The Morgan fingerprint density at radius 2 is 1.77 bits per heavy atom. The lowest BCUT2D eigenvalue weighted by molar-refractivity contribution is -0.274. The van der Waals surface area contributed by atoms with E-state index >= 15 is 0 Å². The highest BCUT2D eigenvalue weighted by molar-refractivity contribution is 5.82. The number of hydrogen-bond donors (Lipinski definition) is 1. The van der Waals surface area contributed by atoms with Gasteiger partial charge in [-0.1, -0.05) is 48.5 Å². The Hall–Kier alpha value is -3.62. The molecule has 1 aliphatic rings. The van der Waals surface area contributed by atoms with Crippen LogP contribution in [0.1, 0.15) is 5.56 Å². The van der Waals surface area contributed by atoms with Gasteiger partial charge in [0.25, 0.3) is 0 Å². The summed E-state index contributed by atoms with van der Waals surface area (Å²) in [6.07, 6.45) is -3.30. The number of halogens is 3. The van der Waals surface area contributed by atoms with Gasteiger partial charge < -0.3 is 15.0 Å². The fourth-order valence-electron chi connectivity index (χ4n) is 3.32. The molecule has 0 unspecified atom stereocenters. The average Bonchev–Trinajstić information content (AvgIpc) is 2.72. The summed E-state index contributed by atoms with van der Waals surface area (Å²) < 4.78 is 41.6. The number of alkyl halides is 3. The number of ether oxygens (including phenoxy) is 1. The van der Waals surface area contributed by atoms with Crippen molar-refractivity contribution in [1.29, 1.82) is 0 Å². The van der Waals surface area contributed by atoms with Gasteiger partial charge in [0.2, 0.25) is 5.91 Å². The molecule has 2 aromatic carbocycles. The highest BCUT2D eigenvalue weighted by Crippen LogP contribution is 2.28. The quantitative estimate of drug-likeness (QED) is 0.647. The molecule has 1 amide bonds. The highest BCUT2D eigenvalue weighted by Gasteiger charge is 2.34. The molecule has 2 heterocycles. The molecule has 1 N–H and O–H groups in total. The van der Waals surface area contributed by atoms with Crippen LogP contribution in [-0.2, 0) is 11.3 Å². The van der Waals surface area contributed by atoms with Gasteiger partial charge >= 0.3 is 6.36 Å². The van der Waals surface area contributed by atoms with Crippen molar-refractivity contribution < 1.29 is 22.7 Å². The summed E-state index contributed by atoms with van der Waals surface area (Å²) in [4.78, 5) is 23.0. The van der Waals surface area contributed by atoms with Gasteiger partial charge in [-0.3, -0.25) is 4.79 Å². The van der Waals surface area contributed by atoms with Crippen molar-refractivity contribution >= 4 is 11.7 Å². The van der Waals surface area contributed by atoms with E-state index in [0.717, 1.165) is 17.1 Å². The van der Waals surface area contributed by atoms with Gasteiger partial charge in [-0.25, -0.2) is 9.97 Å². The topological polar surface area (TPSA) is 67.3 Å². The van der Waals surface area contributed by atoms with Crippen molar-refractivity contribution in [1.82, 2.24) is 15.3 Å². The number of carbonyl (C=O) groups is 1. The minimum atomic E-state index is -4.79. The van der Waals surface area contributed by atoms with Gasteiger partial charge in [0, 0.05) is 36.8 Å². The second-order valence-corrected chi connectivity index (χ2v) is 7.10. The third-order valence-corrected chi connectivity index (χ3v) is 4.95. The number of para-hydroxylation sites is 1. The molecule has 3 aromatic rings. The summed E-state index contributed by atoms with van der Waals surface area (Å²) in [5.74, 6) is -0.0944. The maximum atomic E-state index is 12.5. The van der Waals surface area contributed by atoms with E-state index in [4.69, 9.17) is 0 Å². The summed E-state index contributed by atoms with van der Waals surface area (Å²) in [7, 11) is 0. The molecular formula is C22H19F3N4O2. The second kappa shape index (κ2) is 8.63. The van der Waals surface area contributed by atoms with E-state index in [2.05, 4.69) is 20.0 Å². The molecule has 0 aliphatic carbocycles. The number of aromatic nitrogens is 2. The molecule has 9 heteroatoms. The van der Waals surface area contributed by atoms with Crippen molar-refractivity contribution in [2.45, 2.75) is 12.9 Å². The van der Waals surface area contributed by atoms with Crippen molar-refractivity contribution in [3.8, 4) is 17.0 Å². The molecule has 0 saturated carbocycles. The number of amides is 1. The zero-order valence-corrected chi connectivity index (χ0v) is 16.3. The van der Waals surface area contributed by atoms with Gasteiger partial charge in [0.1, 0.15) is 17.9 Å². The standard InChI is InChI=1S/C22H19F3N4O2/c23-22(24,25)31-19-9-5-4-8-16(19)11-26-21(30)17-12-29(13-17)20-10-18(27-14-28-20)15-6-2-1-3-7-15/h1-10,14,17H,11-13H2,(H,26,30). The van der Waals surface area contributed by atoms with E-state index in [-0.39, 0.29) is 29.7 Å². The van der Waals surface area contributed by atoms with Crippen LogP contribution in [0.4, 0.5) is 19.0 Å². The summed E-state index contributed by atoms with van der Waals surface area (Å²) in [6.45, 7) is 0.892. The SMILES string of the molecule is O=C(NCc1ccccc1OC(F)(F)F)C1CN(c2cc(-c3ccccc3)ncn2)C1. The number of nitrogens with zero attached hydrogens (tertiary/aromatic N) is 3. The molecule has 31 heavy (non-hydrogen) atoms. The van der Waals surface area contributed by atoms with Crippen LogP contribution in [0, 0.1) is 5.92 Å². The fraction of sp³-hybridized carbons (Fsp3) is 0.227. The van der Waals surface area contributed by atoms with Crippen LogP contribution in [-0.4, -0.2) is 35.3 Å². The number of rotatable bonds is 6. The molecule has 1 aliphatic heterocycles. The lowest BCUT2D eigenvalue weighted by Gasteiger charge is -2.39. The molecule has 0 bridgehead atoms. The normalized spacial score (nSPS) is 14.1. The van der Waals surface area contributed by atoms with E-state index in [1.54, 1.807) is 6.07 Å². The van der Waals surface area contributed by atoms with Gasteiger partial charge in [-0.15, -0.1) is 13.2 Å². The number of benzene rings is 2. The molecular weight excluding hydrogens is 409 g/mol. The zero-order valence-electron chi connectivity index (χ0n) is 16.3. The Balaban J connectivity index is 1.33. The molecule has 0 spiro atoms. The number of carbonyl (C=O) groups excluding carboxylic acids is 1. The number of hydrogen-bond acceptors (Lipinski definition) is 5. The minimum absolute atomic E-state index is 0.0484. The monoisotopic (exact) mass is 428 g/mol.